The molecule has 0 aliphatic heterocycles. The summed E-state index contributed by atoms with van der Waals surface area (Å²) in [5, 5.41) is 4.04. The van der Waals surface area contributed by atoms with Gasteiger partial charge in [0.05, 0.1) is 33.2 Å². The zero-order valence-corrected chi connectivity index (χ0v) is 16.5. The number of ether oxygens (including phenoxy) is 3. The molecule has 3 aromatic rings. The maximum atomic E-state index is 6.10. The van der Waals surface area contributed by atoms with Crippen molar-refractivity contribution in [2.75, 3.05) is 26.6 Å². The number of imidazole rings is 1. The van der Waals surface area contributed by atoms with Crippen LogP contribution in [0, 0.1) is 0 Å². The Morgan fingerprint density at radius 1 is 1.04 bits per heavy atom. The fourth-order valence-corrected chi connectivity index (χ4v) is 3.10. The molecule has 6 nitrogen and oxygen atoms in total. The van der Waals surface area contributed by atoms with E-state index in [2.05, 4.69) is 10.3 Å². The van der Waals surface area contributed by atoms with Crippen molar-refractivity contribution < 1.29 is 14.2 Å². The third-order valence-corrected chi connectivity index (χ3v) is 4.52. The van der Waals surface area contributed by atoms with E-state index in [0.29, 0.717) is 28.8 Å². The molecule has 0 aliphatic carbocycles. The van der Waals surface area contributed by atoms with Gasteiger partial charge in [0.15, 0.2) is 11.5 Å². The third kappa shape index (κ3) is 3.95. The highest BCUT2D eigenvalue weighted by Gasteiger charge is 2.14. The molecule has 2 aromatic carbocycles. The normalized spacial score (nSPS) is 10.6. The molecule has 27 heavy (non-hydrogen) atoms. The average molecular weight is 388 g/mol. The summed E-state index contributed by atoms with van der Waals surface area (Å²) in [4.78, 5) is 4.48. The molecule has 0 aliphatic rings. The second-order valence-electron chi connectivity index (χ2n) is 5.92. The molecule has 0 radical (unpaired) electrons. The van der Waals surface area contributed by atoms with Crippen LogP contribution in [0.15, 0.2) is 42.6 Å². The zero-order valence-electron chi connectivity index (χ0n) is 15.7. The lowest BCUT2D eigenvalue weighted by Gasteiger charge is -2.15. The molecule has 142 valence electrons. The van der Waals surface area contributed by atoms with Gasteiger partial charge in [-0.2, -0.15) is 0 Å². The van der Waals surface area contributed by atoms with Crippen molar-refractivity contribution in [2.24, 2.45) is 7.05 Å². The van der Waals surface area contributed by atoms with Crippen molar-refractivity contribution >= 4 is 17.5 Å². The number of nitrogens with one attached hydrogen (secondary N) is 1. The number of hydrogen-bond acceptors (Lipinski definition) is 5. The van der Waals surface area contributed by atoms with Crippen LogP contribution in [0.25, 0.3) is 11.3 Å². The van der Waals surface area contributed by atoms with Gasteiger partial charge >= 0.3 is 0 Å². The van der Waals surface area contributed by atoms with Gasteiger partial charge in [-0.15, -0.1) is 0 Å². The van der Waals surface area contributed by atoms with Crippen molar-refractivity contribution in [1.82, 2.24) is 9.55 Å². The number of aromatic nitrogens is 2. The largest absolute Gasteiger partial charge is 0.493 e. The number of hydrogen-bond donors (Lipinski definition) is 1. The monoisotopic (exact) mass is 387 g/mol. The Balaban J connectivity index is 1.82. The molecule has 0 amide bonds. The predicted octanol–water partition coefficient (Wildman–Crippen LogP) is 4.38. The van der Waals surface area contributed by atoms with Gasteiger partial charge in [-0.05, 0) is 29.8 Å². The van der Waals surface area contributed by atoms with Crippen molar-refractivity contribution in [2.45, 2.75) is 6.54 Å². The molecule has 1 N–H and O–H groups in total. The lowest BCUT2D eigenvalue weighted by molar-refractivity contribution is 0.324. The van der Waals surface area contributed by atoms with E-state index in [4.69, 9.17) is 25.8 Å². The van der Waals surface area contributed by atoms with E-state index in [1.54, 1.807) is 21.3 Å². The van der Waals surface area contributed by atoms with Gasteiger partial charge in [0.1, 0.15) is 0 Å². The SMILES string of the molecule is COc1cc(CNc2ncc(-c3cccc(Cl)c3)n2C)cc(OC)c1OC. The van der Waals surface area contributed by atoms with Crippen molar-refractivity contribution in [3.05, 3.63) is 53.2 Å². The summed E-state index contributed by atoms with van der Waals surface area (Å²) in [6, 6.07) is 11.5. The number of rotatable bonds is 7. The average Bonchev–Trinajstić information content (AvgIpc) is 3.05. The van der Waals surface area contributed by atoms with Gasteiger partial charge in [0.25, 0.3) is 0 Å². The van der Waals surface area contributed by atoms with Crippen LogP contribution in [0.1, 0.15) is 5.56 Å². The first-order chi connectivity index (χ1) is 13.1. The molecule has 0 spiro atoms. The van der Waals surface area contributed by atoms with Crippen LogP contribution in [-0.2, 0) is 13.6 Å². The summed E-state index contributed by atoms with van der Waals surface area (Å²) < 4.78 is 18.2. The molecular formula is C20H22ClN3O3. The van der Waals surface area contributed by atoms with Gasteiger partial charge in [0.2, 0.25) is 11.7 Å². The highest BCUT2D eigenvalue weighted by molar-refractivity contribution is 6.30. The summed E-state index contributed by atoms with van der Waals surface area (Å²) in [5.74, 6) is 2.56. The molecule has 7 heteroatoms. The Labute approximate surface area is 163 Å². The van der Waals surface area contributed by atoms with Crippen molar-refractivity contribution in [3.63, 3.8) is 0 Å². The maximum Gasteiger partial charge on any atom is 0.203 e. The fraction of sp³-hybridized carbons (Fsp3) is 0.250. The van der Waals surface area contributed by atoms with E-state index < -0.39 is 0 Å². The van der Waals surface area contributed by atoms with Crippen molar-refractivity contribution in [1.29, 1.82) is 0 Å². The van der Waals surface area contributed by atoms with Gasteiger partial charge in [0, 0.05) is 24.2 Å². The second kappa shape index (κ2) is 8.22. The number of anilines is 1. The van der Waals surface area contributed by atoms with E-state index in [9.17, 15) is 0 Å². The Hall–Kier alpha value is -2.86. The first-order valence-electron chi connectivity index (χ1n) is 8.37. The van der Waals surface area contributed by atoms with E-state index in [-0.39, 0.29) is 0 Å². The number of halogens is 1. The van der Waals surface area contributed by atoms with Crippen LogP contribution in [-0.4, -0.2) is 30.9 Å². The summed E-state index contributed by atoms with van der Waals surface area (Å²) >= 11 is 6.10. The third-order valence-electron chi connectivity index (χ3n) is 4.28. The number of methoxy groups -OCH3 is 3. The number of benzene rings is 2. The van der Waals surface area contributed by atoms with Gasteiger partial charge in [-0.1, -0.05) is 23.7 Å². The maximum absolute atomic E-state index is 6.10. The van der Waals surface area contributed by atoms with Crippen LogP contribution >= 0.6 is 11.6 Å². The molecular weight excluding hydrogens is 366 g/mol. The van der Waals surface area contributed by atoms with E-state index in [0.717, 1.165) is 22.8 Å². The fourth-order valence-electron chi connectivity index (χ4n) is 2.91. The molecule has 0 fully saturated rings. The zero-order chi connectivity index (χ0) is 19.4. The Morgan fingerprint density at radius 3 is 2.33 bits per heavy atom. The molecule has 1 aromatic heterocycles. The molecule has 0 bridgehead atoms. The van der Waals surface area contributed by atoms with Crippen molar-refractivity contribution in [3.8, 4) is 28.5 Å². The molecule has 0 saturated carbocycles. The quantitative estimate of drug-likeness (QED) is 0.652. The Bertz CT molecular complexity index is 915. The molecule has 1 heterocycles. The van der Waals surface area contributed by atoms with Crippen LogP contribution < -0.4 is 19.5 Å². The minimum atomic E-state index is 0.552. The minimum Gasteiger partial charge on any atom is -0.493 e. The molecule has 3 rings (SSSR count). The standard InChI is InChI=1S/C20H22ClN3O3/c1-24-16(14-6-5-7-15(21)10-14)12-23-20(24)22-11-13-8-17(25-2)19(27-4)18(9-13)26-3/h5-10,12H,11H2,1-4H3,(H,22,23). The first-order valence-corrected chi connectivity index (χ1v) is 8.75. The van der Waals surface area contributed by atoms with E-state index in [1.807, 2.05) is 54.2 Å². The van der Waals surface area contributed by atoms with Gasteiger partial charge < -0.3 is 24.1 Å². The van der Waals surface area contributed by atoms with E-state index in [1.165, 1.54) is 0 Å². The summed E-state index contributed by atoms with van der Waals surface area (Å²) in [5.41, 5.74) is 2.97. The summed E-state index contributed by atoms with van der Waals surface area (Å²) in [6.07, 6.45) is 1.82. The van der Waals surface area contributed by atoms with Crippen LogP contribution in [0.2, 0.25) is 5.02 Å². The van der Waals surface area contributed by atoms with Gasteiger partial charge in [-0.25, -0.2) is 4.98 Å². The van der Waals surface area contributed by atoms with Gasteiger partial charge in [-0.3, -0.25) is 0 Å². The van der Waals surface area contributed by atoms with Crippen LogP contribution in [0.5, 0.6) is 17.2 Å². The Morgan fingerprint density at radius 2 is 1.74 bits per heavy atom. The highest BCUT2D eigenvalue weighted by Crippen LogP contribution is 2.38. The minimum absolute atomic E-state index is 0.552. The topological polar surface area (TPSA) is 57.5 Å². The smallest absolute Gasteiger partial charge is 0.203 e. The summed E-state index contributed by atoms with van der Waals surface area (Å²) in [6.45, 7) is 0.552. The van der Waals surface area contributed by atoms with Crippen LogP contribution in [0.4, 0.5) is 5.95 Å². The summed E-state index contributed by atoms with van der Waals surface area (Å²) in [7, 11) is 6.75. The van der Waals surface area contributed by atoms with Crippen LogP contribution in [0.3, 0.4) is 0 Å². The number of nitrogens with zero attached hydrogens (tertiary/aromatic N) is 2. The first kappa shape index (κ1) is 18.9. The predicted molar refractivity (Wildman–Crippen MR) is 107 cm³/mol. The molecule has 0 atom stereocenters. The lowest BCUT2D eigenvalue weighted by atomic mass is 10.1. The molecule has 0 saturated heterocycles. The highest BCUT2D eigenvalue weighted by atomic mass is 35.5. The second-order valence-corrected chi connectivity index (χ2v) is 6.36. The molecule has 0 unspecified atom stereocenters. The lowest BCUT2D eigenvalue weighted by Crippen LogP contribution is -2.06. The van der Waals surface area contributed by atoms with E-state index >= 15 is 0 Å². The Kier molecular flexibility index (Phi) is 5.76.